The summed E-state index contributed by atoms with van der Waals surface area (Å²) in [7, 11) is 2.11. The molecule has 17 heavy (non-hydrogen) atoms. The second kappa shape index (κ2) is 4.58. The number of piperidine rings is 1. The highest BCUT2D eigenvalue weighted by Gasteiger charge is 2.39. The minimum Gasteiger partial charge on any atom is -0.341 e. The lowest BCUT2D eigenvalue weighted by atomic mass is 9.94. The van der Waals surface area contributed by atoms with Crippen LogP contribution in [0.1, 0.15) is 19.3 Å². The smallest absolute Gasteiger partial charge is 0.227 e. The largest absolute Gasteiger partial charge is 0.341 e. The van der Waals surface area contributed by atoms with E-state index < -0.39 is 0 Å². The molecule has 0 aliphatic carbocycles. The molecule has 0 saturated carbocycles. The molecule has 0 aromatic carbocycles. The number of likely N-dealkylation sites (tertiary alicyclic amines) is 2. The lowest BCUT2D eigenvalue weighted by Gasteiger charge is -2.24. The molecule has 3 heterocycles. The molecular weight excluding hydrogens is 214 g/mol. The van der Waals surface area contributed by atoms with Crippen LogP contribution in [-0.4, -0.2) is 61.5 Å². The van der Waals surface area contributed by atoms with Crippen LogP contribution < -0.4 is 5.32 Å². The summed E-state index contributed by atoms with van der Waals surface area (Å²) >= 11 is 0. The molecule has 1 N–H and O–H groups in total. The number of hydrogen-bond acceptors (Lipinski definition) is 3. The molecule has 3 aliphatic rings. The minimum absolute atomic E-state index is 0.264. The van der Waals surface area contributed by atoms with Crippen molar-refractivity contribution >= 4 is 5.91 Å². The number of nitrogens with one attached hydrogen (secondary N) is 1. The van der Waals surface area contributed by atoms with Crippen molar-refractivity contribution in [2.75, 3.05) is 39.8 Å². The average molecular weight is 237 g/mol. The van der Waals surface area contributed by atoms with Crippen LogP contribution in [0, 0.1) is 11.8 Å². The van der Waals surface area contributed by atoms with Crippen LogP contribution in [-0.2, 0) is 4.79 Å². The Morgan fingerprint density at radius 2 is 2.12 bits per heavy atom. The first-order valence-corrected chi connectivity index (χ1v) is 6.95. The topological polar surface area (TPSA) is 35.6 Å². The highest BCUT2D eigenvalue weighted by Crippen LogP contribution is 2.27. The molecular formula is C13H23N3O. The summed E-state index contributed by atoms with van der Waals surface area (Å²) in [6, 6.07) is 0.576. The SMILES string of the molecule is CN1CCC(C(=O)N2C[C@@H]3CCCN[C@@H]3C2)C1. The zero-order chi connectivity index (χ0) is 11.8. The van der Waals surface area contributed by atoms with Gasteiger partial charge in [0.1, 0.15) is 0 Å². The highest BCUT2D eigenvalue weighted by molar-refractivity contribution is 5.79. The lowest BCUT2D eigenvalue weighted by molar-refractivity contribution is -0.134. The molecule has 4 heteroatoms. The summed E-state index contributed by atoms with van der Waals surface area (Å²) in [6.07, 6.45) is 3.62. The van der Waals surface area contributed by atoms with Crippen molar-refractivity contribution in [1.29, 1.82) is 0 Å². The van der Waals surface area contributed by atoms with Gasteiger partial charge in [-0.1, -0.05) is 0 Å². The number of carbonyl (C=O) groups excluding carboxylic acids is 1. The molecule has 0 radical (unpaired) electrons. The Morgan fingerprint density at radius 3 is 2.82 bits per heavy atom. The summed E-state index contributed by atoms with van der Waals surface area (Å²) in [5.74, 6) is 1.39. The van der Waals surface area contributed by atoms with Crippen molar-refractivity contribution in [3.05, 3.63) is 0 Å². The fraction of sp³-hybridized carbons (Fsp3) is 0.923. The molecule has 0 spiro atoms. The summed E-state index contributed by atoms with van der Waals surface area (Å²) in [5, 5.41) is 3.56. The Bertz CT molecular complexity index is 293. The van der Waals surface area contributed by atoms with Gasteiger partial charge in [-0.2, -0.15) is 0 Å². The summed E-state index contributed by atoms with van der Waals surface area (Å²) < 4.78 is 0. The molecule has 3 aliphatic heterocycles. The maximum absolute atomic E-state index is 12.4. The van der Waals surface area contributed by atoms with E-state index in [4.69, 9.17) is 0 Å². The van der Waals surface area contributed by atoms with Gasteiger partial charge in [0.15, 0.2) is 0 Å². The molecule has 4 nitrogen and oxygen atoms in total. The van der Waals surface area contributed by atoms with Crippen LogP contribution in [0.15, 0.2) is 0 Å². The Hall–Kier alpha value is -0.610. The Balaban J connectivity index is 1.60. The standard InChI is InChI=1S/C13H23N3O/c1-15-6-4-11(7-15)13(17)16-8-10-3-2-5-14-12(10)9-16/h10-12,14H,2-9H2,1H3/t10-,11?,12+/m0/s1. The van der Waals surface area contributed by atoms with Gasteiger partial charge in [0.25, 0.3) is 0 Å². The summed E-state index contributed by atoms with van der Waals surface area (Å²) in [4.78, 5) is 16.8. The zero-order valence-electron chi connectivity index (χ0n) is 10.7. The average Bonchev–Trinajstić information content (AvgIpc) is 2.93. The quantitative estimate of drug-likeness (QED) is 0.705. The fourth-order valence-corrected chi connectivity index (χ4v) is 3.62. The number of fused-ring (bicyclic) bond motifs is 1. The molecule has 3 rings (SSSR count). The number of amides is 1. The van der Waals surface area contributed by atoms with E-state index >= 15 is 0 Å². The molecule has 3 fully saturated rings. The Kier molecular flexibility index (Phi) is 3.09. The molecule has 0 bridgehead atoms. The normalized spacial score (nSPS) is 38.4. The predicted octanol–water partition coefficient (Wildman–Crippen LogP) is 0.149. The fourth-order valence-electron chi connectivity index (χ4n) is 3.62. The molecule has 0 aromatic heterocycles. The molecule has 0 aromatic rings. The number of nitrogens with zero attached hydrogens (tertiary/aromatic N) is 2. The van der Waals surface area contributed by atoms with E-state index in [1.807, 2.05) is 0 Å². The van der Waals surface area contributed by atoms with Crippen molar-refractivity contribution in [3.8, 4) is 0 Å². The van der Waals surface area contributed by atoms with Gasteiger partial charge in [-0.3, -0.25) is 4.79 Å². The van der Waals surface area contributed by atoms with Crippen molar-refractivity contribution < 1.29 is 4.79 Å². The van der Waals surface area contributed by atoms with Crippen molar-refractivity contribution in [1.82, 2.24) is 15.1 Å². The maximum atomic E-state index is 12.4. The Morgan fingerprint density at radius 1 is 1.24 bits per heavy atom. The van der Waals surface area contributed by atoms with E-state index in [0.717, 1.165) is 39.1 Å². The van der Waals surface area contributed by atoms with Gasteiger partial charge < -0.3 is 15.1 Å². The predicted molar refractivity (Wildman–Crippen MR) is 66.7 cm³/mol. The van der Waals surface area contributed by atoms with Gasteiger partial charge in [-0.25, -0.2) is 0 Å². The van der Waals surface area contributed by atoms with Crippen LogP contribution in [0.5, 0.6) is 0 Å². The zero-order valence-corrected chi connectivity index (χ0v) is 10.7. The van der Waals surface area contributed by atoms with E-state index in [-0.39, 0.29) is 5.92 Å². The van der Waals surface area contributed by atoms with Crippen molar-refractivity contribution in [2.45, 2.75) is 25.3 Å². The van der Waals surface area contributed by atoms with Gasteiger partial charge in [-0.05, 0) is 45.3 Å². The summed E-state index contributed by atoms with van der Waals surface area (Å²) in [5.41, 5.74) is 0. The van der Waals surface area contributed by atoms with Crippen LogP contribution >= 0.6 is 0 Å². The van der Waals surface area contributed by atoms with E-state index in [1.165, 1.54) is 12.8 Å². The molecule has 3 saturated heterocycles. The van der Waals surface area contributed by atoms with E-state index in [0.29, 0.717) is 17.9 Å². The number of carbonyl (C=O) groups is 1. The van der Waals surface area contributed by atoms with Gasteiger partial charge in [0.05, 0.1) is 5.92 Å². The second-order valence-corrected chi connectivity index (χ2v) is 5.95. The van der Waals surface area contributed by atoms with Crippen LogP contribution in [0.3, 0.4) is 0 Å². The third-order valence-electron chi connectivity index (χ3n) is 4.65. The third-order valence-corrected chi connectivity index (χ3v) is 4.65. The van der Waals surface area contributed by atoms with E-state index in [2.05, 4.69) is 22.2 Å². The van der Waals surface area contributed by atoms with E-state index in [1.54, 1.807) is 0 Å². The van der Waals surface area contributed by atoms with Crippen molar-refractivity contribution in [2.24, 2.45) is 11.8 Å². The van der Waals surface area contributed by atoms with Gasteiger partial charge >= 0.3 is 0 Å². The monoisotopic (exact) mass is 237 g/mol. The molecule has 3 atom stereocenters. The van der Waals surface area contributed by atoms with Crippen LogP contribution in [0.2, 0.25) is 0 Å². The lowest BCUT2D eigenvalue weighted by Crippen LogP contribution is -2.41. The van der Waals surface area contributed by atoms with Crippen LogP contribution in [0.4, 0.5) is 0 Å². The number of hydrogen-bond donors (Lipinski definition) is 1. The minimum atomic E-state index is 0.264. The summed E-state index contributed by atoms with van der Waals surface area (Å²) in [6.45, 7) is 5.11. The third kappa shape index (κ3) is 2.20. The number of rotatable bonds is 1. The van der Waals surface area contributed by atoms with Gasteiger partial charge in [-0.15, -0.1) is 0 Å². The maximum Gasteiger partial charge on any atom is 0.227 e. The van der Waals surface area contributed by atoms with Gasteiger partial charge in [0.2, 0.25) is 5.91 Å². The molecule has 1 amide bonds. The van der Waals surface area contributed by atoms with Crippen LogP contribution in [0.25, 0.3) is 0 Å². The van der Waals surface area contributed by atoms with E-state index in [9.17, 15) is 4.79 Å². The first-order valence-electron chi connectivity index (χ1n) is 6.95. The Labute approximate surface area is 103 Å². The second-order valence-electron chi connectivity index (χ2n) is 5.95. The first-order chi connectivity index (χ1) is 8.24. The highest BCUT2D eigenvalue weighted by atomic mass is 16.2. The van der Waals surface area contributed by atoms with Gasteiger partial charge in [0, 0.05) is 25.7 Å². The first kappa shape index (κ1) is 11.5. The molecule has 1 unspecified atom stereocenters. The molecule has 96 valence electrons. The van der Waals surface area contributed by atoms with Crippen molar-refractivity contribution in [3.63, 3.8) is 0 Å².